The first-order valence-electron chi connectivity index (χ1n) is 7.64. The van der Waals surface area contributed by atoms with E-state index in [1.807, 2.05) is 0 Å². The van der Waals surface area contributed by atoms with Crippen LogP contribution < -0.4 is 5.32 Å². The lowest BCUT2D eigenvalue weighted by atomic mass is 9.99. The molecule has 2 aromatic carbocycles. The Kier molecular flexibility index (Phi) is 4.17. The lowest BCUT2D eigenvalue weighted by Crippen LogP contribution is -2.28. The van der Waals surface area contributed by atoms with Crippen LogP contribution in [-0.4, -0.2) is 13.1 Å². The SMILES string of the molecule is CNC(CCc1ccccc1)C1CC1c1ccccc1. The van der Waals surface area contributed by atoms with Crippen LogP contribution >= 0.6 is 0 Å². The summed E-state index contributed by atoms with van der Waals surface area (Å²) in [6.45, 7) is 0. The largest absolute Gasteiger partial charge is 0.317 e. The zero-order valence-corrected chi connectivity index (χ0v) is 12.1. The van der Waals surface area contributed by atoms with Gasteiger partial charge in [0.05, 0.1) is 0 Å². The first kappa shape index (κ1) is 13.4. The van der Waals surface area contributed by atoms with Crippen molar-refractivity contribution in [3.8, 4) is 0 Å². The molecule has 1 aliphatic rings. The maximum Gasteiger partial charge on any atom is 0.0102 e. The normalized spacial score (nSPS) is 22.4. The van der Waals surface area contributed by atoms with Gasteiger partial charge >= 0.3 is 0 Å². The van der Waals surface area contributed by atoms with Gasteiger partial charge in [0, 0.05) is 6.04 Å². The highest BCUT2D eigenvalue weighted by molar-refractivity contribution is 5.27. The van der Waals surface area contributed by atoms with Crippen LogP contribution in [0.5, 0.6) is 0 Å². The minimum Gasteiger partial charge on any atom is -0.317 e. The van der Waals surface area contributed by atoms with E-state index >= 15 is 0 Å². The minimum atomic E-state index is 0.639. The lowest BCUT2D eigenvalue weighted by molar-refractivity contribution is 0.462. The molecule has 2 aromatic rings. The standard InChI is InChI=1S/C19H23N/c1-20-19(13-12-15-8-4-2-5-9-15)18-14-17(18)16-10-6-3-7-11-16/h2-11,17-20H,12-14H2,1H3. The summed E-state index contributed by atoms with van der Waals surface area (Å²) in [7, 11) is 2.11. The monoisotopic (exact) mass is 265 g/mol. The molecule has 1 heteroatoms. The Morgan fingerprint density at radius 2 is 1.65 bits per heavy atom. The van der Waals surface area contributed by atoms with E-state index in [1.165, 1.54) is 30.4 Å². The molecule has 1 nitrogen and oxygen atoms in total. The molecule has 3 unspecified atom stereocenters. The number of benzene rings is 2. The molecule has 3 rings (SSSR count). The maximum absolute atomic E-state index is 3.53. The lowest BCUT2D eigenvalue weighted by Gasteiger charge is -2.16. The molecule has 1 saturated carbocycles. The molecule has 3 atom stereocenters. The van der Waals surface area contributed by atoms with Crippen LogP contribution in [0.2, 0.25) is 0 Å². The Bertz CT molecular complexity index is 520. The smallest absolute Gasteiger partial charge is 0.0102 e. The molecule has 0 radical (unpaired) electrons. The number of rotatable bonds is 6. The fourth-order valence-corrected chi connectivity index (χ4v) is 3.28. The molecule has 0 amide bonds. The van der Waals surface area contributed by atoms with Crippen molar-refractivity contribution < 1.29 is 0 Å². The van der Waals surface area contributed by atoms with Crippen LogP contribution in [-0.2, 0) is 6.42 Å². The quantitative estimate of drug-likeness (QED) is 0.832. The zero-order valence-electron chi connectivity index (χ0n) is 12.1. The molecule has 104 valence electrons. The molecule has 0 saturated heterocycles. The third kappa shape index (κ3) is 3.10. The number of aryl methyl sites for hydroxylation is 1. The summed E-state index contributed by atoms with van der Waals surface area (Å²) >= 11 is 0. The van der Waals surface area contributed by atoms with Gasteiger partial charge in [-0.25, -0.2) is 0 Å². The van der Waals surface area contributed by atoms with Crippen molar-refractivity contribution in [3.63, 3.8) is 0 Å². The molecule has 20 heavy (non-hydrogen) atoms. The van der Waals surface area contributed by atoms with Crippen molar-refractivity contribution >= 4 is 0 Å². The van der Waals surface area contributed by atoms with Crippen molar-refractivity contribution in [2.75, 3.05) is 7.05 Å². The topological polar surface area (TPSA) is 12.0 Å². The average molecular weight is 265 g/mol. The van der Waals surface area contributed by atoms with E-state index < -0.39 is 0 Å². The average Bonchev–Trinajstić information content (AvgIpc) is 3.30. The van der Waals surface area contributed by atoms with E-state index in [-0.39, 0.29) is 0 Å². The van der Waals surface area contributed by atoms with Gasteiger partial charge in [-0.3, -0.25) is 0 Å². The minimum absolute atomic E-state index is 0.639. The second-order valence-electron chi connectivity index (χ2n) is 5.84. The fraction of sp³-hybridized carbons (Fsp3) is 0.368. The summed E-state index contributed by atoms with van der Waals surface area (Å²) in [5.41, 5.74) is 2.96. The van der Waals surface area contributed by atoms with Gasteiger partial charge in [0.25, 0.3) is 0 Å². The van der Waals surface area contributed by atoms with Gasteiger partial charge < -0.3 is 5.32 Å². The van der Waals surface area contributed by atoms with Crippen LogP contribution in [0.1, 0.15) is 29.9 Å². The van der Waals surface area contributed by atoms with Gasteiger partial charge in [-0.15, -0.1) is 0 Å². The van der Waals surface area contributed by atoms with E-state index in [4.69, 9.17) is 0 Å². The van der Waals surface area contributed by atoms with Gasteiger partial charge in [0.15, 0.2) is 0 Å². The van der Waals surface area contributed by atoms with Crippen LogP contribution in [0.15, 0.2) is 60.7 Å². The van der Waals surface area contributed by atoms with E-state index in [1.54, 1.807) is 0 Å². The highest BCUT2D eigenvalue weighted by atomic mass is 14.9. The highest BCUT2D eigenvalue weighted by Crippen LogP contribution is 2.50. The Hall–Kier alpha value is -1.60. The number of hydrogen-bond acceptors (Lipinski definition) is 1. The molecule has 0 spiro atoms. The van der Waals surface area contributed by atoms with Crippen LogP contribution in [0, 0.1) is 5.92 Å². The molecule has 0 heterocycles. The summed E-state index contributed by atoms with van der Waals surface area (Å²) in [6, 6.07) is 22.4. The van der Waals surface area contributed by atoms with Crippen molar-refractivity contribution in [1.29, 1.82) is 0 Å². The van der Waals surface area contributed by atoms with Crippen LogP contribution in [0.4, 0.5) is 0 Å². The van der Waals surface area contributed by atoms with Gasteiger partial charge in [0.1, 0.15) is 0 Å². The van der Waals surface area contributed by atoms with E-state index in [9.17, 15) is 0 Å². The first-order chi connectivity index (χ1) is 9.88. The van der Waals surface area contributed by atoms with Gasteiger partial charge in [-0.2, -0.15) is 0 Å². The Balaban J connectivity index is 1.56. The predicted octanol–water partition coefficient (Wildman–Crippen LogP) is 4.01. The Morgan fingerprint density at radius 1 is 1.00 bits per heavy atom. The molecule has 0 bridgehead atoms. The highest BCUT2D eigenvalue weighted by Gasteiger charge is 2.42. The molecule has 0 aliphatic heterocycles. The van der Waals surface area contributed by atoms with Gasteiger partial charge in [-0.1, -0.05) is 60.7 Å². The third-order valence-corrected chi connectivity index (χ3v) is 4.54. The number of hydrogen-bond donors (Lipinski definition) is 1. The summed E-state index contributed by atoms with van der Waals surface area (Å²) in [6.07, 6.45) is 3.74. The Labute approximate surface area is 122 Å². The number of nitrogens with one attached hydrogen (secondary N) is 1. The Morgan fingerprint density at radius 3 is 2.30 bits per heavy atom. The molecular weight excluding hydrogens is 242 g/mol. The molecule has 1 N–H and O–H groups in total. The van der Waals surface area contributed by atoms with Crippen molar-refractivity contribution in [2.45, 2.75) is 31.2 Å². The summed E-state index contributed by atoms with van der Waals surface area (Å²) in [4.78, 5) is 0. The molecule has 1 aliphatic carbocycles. The van der Waals surface area contributed by atoms with Crippen molar-refractivity contribution in [2.24, 2.45) is 5.92 Å². The van der Waals surface area contributed by atoms with E-state index in [0.29, 0.717) is 6.04 Å². The first-order valence-corrected chi connectivity index (χ1v) is 7.64. The molecule has 0 aromatic heterocycles. The van der Waals surface area contributed by atoms with Crippen molar-refractivity contribution in [3.05, 3.63) is 71.8 Å². The summed E-state index contributed by atoms with van der Waals surface area (Å²) < 4.78 is 0. The molecular formula is C19H23N. The van der Waals surface area contributed by atoms with Gasteiger partial charge in [-0.05, 0) is 49.3 Å². The second kappa shape index (κ2) is 6.23. The maximum atomic E-state index is 3.53. The van der Waals surface area contributed by atoms with E-state index in [2.05, 4.69) is 73.0 Å². The fourth-order valence-electron chi connectivity index (χ4n) is 3.28. The zero-order chi connectivity index (χ0) is 13.8. The van der Waals surface area contributed by atoms with Crippen molar-refractivity contribution in [1.82, 2.24) is 5.32 Å². The van der Waals surface area contributed by atoms with E-state index in [0.717, 1.165) is 11.8 Å². The van der Waals surface area contributed by atoms with Crippen LogP contribution in [0.3, 0.4) is 0 Å². The van der Waals surface area contributed by atoms with Gasteiger partial charge in [0.2, 0.25) is 0 Å². The predicted molar refractivity (Wildman–Crippen MR) is 84.9 cm³/mol. The summed E-state index contributed by atoms with van der Waals surface area (Å²) in [5.74, 6) is 1.58. The third-order valence-electron chi connectivity index (χ3n) is 4.54. The molecule has 1 fully saturated rings. The van der Waals surface area contributed by atoms with Crippen LogP contribution in [0.25, 0.3) is 0 Å². The second-order valence-corrected chi connectivity index (χ2v) is 5.84. The summed E-state index contributed by atoms with van der Waals surface area (Å²) in [5, 5.41) is 3.53.